The van der Waals surface area contributed by atoms with E-state index in [9.17, 15) is 9.18 Å². The first-order valence-corrected chi connectivity index (χ1v) is 8.43. The number of aryl methyl sites for hydroxylation is 1. The van der Waals surface area contributed by atoms with Crippen molar-refractivity contribution in [2.24, 2.45) is 0 Å². The Hall–Kier alpha value is -3.62. The molecule has 4 aromatic rings. The number of hydrogen-bond donors (Lipinski definition) is 1. The van der Waals surface area contributed by atoms with Crippen molar-refractivity contribution in [1.29, 1.82) is 0 Å². The van der Waals surface area contributed by atoms with Crippen LogP contribution in [0, 0.1) is 12.7 Å². The number of halogens is 1. The summed E-state index contributed by atoms with van der Waals surface area (Å²) < 4.78 is 17.5. The average Bonchev–Trinajstić information content (AvgIpc) is 3.25. The van der Waals surface area contributed by atoms with Gasteiger partial charge < -0.3 is 5.32 Å². The Morgan fingerprint density at radius 3 is 2.89 bits per heavy atom. The van der Waals surface area contributed by atoms with Crippen molar-refractivity contribution in [2.45, 2.75) is 19.3 Å². The molecule has 134 valence electrons. The monoisotopic (exact) mass is 363 g/mol. The Labute approximate surface area is 152 Å². The summed E-state index contributed by atoms with van der Waals surface area (Å²) in [5.74, 6) is 0.0852. The summed E-state index contributed by atoms with van der Waals surface area (Å²) in [6.45, 7) is 1.85. The summed E-state index contributed by atoms with van der Waals surface area (Å²) in [6.07, 6.45) is 1.65. The first-order valence-electron chi connectivity index (χ1n) is 8.43. The first-order chi connectivity index (χ1) is 13.1. The molecule has 1 aromatic carbocycles. The van der Waals surface area contributed by atoms with Crippen LogP contribution in [0.15, 0.2) is 42.7 Å². The minimum Gasteiger partial charge on any atom is -0.310 e. The normalized spacial score (nSPS) is 16.4. The van der Waals surface area contributed by atoms with E-state index in [1.807, 2.05) is 6.92 Å². The molecule has 0 saturated carbocycles. The van der Waals surface area contributed by atoms with Crippen molar-refractivity contribution in [3.63, 3.8) is 0 Å². The third kappa shape index (κ3) is 2.39. The van der Waals surface area contributed by atoms with E-state index in [2.05, 4.69) is 25.7 Å². The molecule has 0 bridgehead atoms. The van der Waals surface area contributed by atoms with Crippen molar-refractivity contribution in [3.8, 4) is 5.82 Å². The van der Waals surface area contributed by atoms with Crippen molar-refractivity contribution in [3.05, 3.63) is 65.4 Å². The van der Waals surface area contributed by atoms with Gasteiger partial charge in [-0.25, -0.2) is 4.39 Å². The van der Waals surface area contributed by atoms with E-state index >= 15 is 0 Å². The van der Waals surface area contributed by atoms with Gasteiger partial charge in [0.1, 0.15) is 18.0 Å². The smallest absolute Gasteiger partial charge is 0.226 e. The van der Waals surface area contributed by atoms with Gasteiger partial charge in [0.05, 0.1) is 5.69 Å². The summed E-state index contributed by atoms with van der Waals surface area (Å²) in [6, 6.07) is 10.0. The largest absolute Gasteiger partial charge is 0.310 e. The fourth-order valence-corrected chi connectivity index (χ4v) is 3.57. The number of benzene rings is 1. The van der Waals surface area contributed by atoms with Gasteiger partial charge in [0.15, 0.2) is 11.5 Å². The molecule has 5 rings (SSSR count). The summed E-state index contributed by atoms with van der Waals surface area (Å²) in [4.78, 5) is 12.4. The number of fused-ring (bicyclic) bond motifs is 2. The molecule has 0 saturated heterocycles. The molecule has 0 spiro atoms. The van der Waals surface area contributed by atoms with E-state index in [4.69, 9.17) is 0 Å². The predicted molar refractivity (Wildman–Crippen MR) is 94.1 cm³/mol. The second-order valence-corrected chi connectivity index (χ2v) is 6.41. The van der Waals surface area contributed by atoms with Gasteiger partial charge >= 0.3 is 0 Å². The topological polar surface area (TPSA) is 90.0 Å². The molecule has 9 heteroatoms. The van der Waals surface area contributed by atoms with Crippen LogP contribution in [0.2, 0.25) is 0 Å². The molecular weight excluding hydrogens is 349 g/mol. The van der Waals surface area contributed by atoms with Crippen LogP contribution in [0.4, 0.5) is 10.2 Å². The van der Waals surface area contributed by atoms with E-state index in [0.717, 1.165) is 5.56 Å². The maximum Gasteiger partial charge on any atom is 0.226 e. The Morgan fingerprint density at radius 2 is 2.04 bits per heavy atom. The molecule has 0 fully saturated rings. The summed E-state index contributed by atoms with van der Waals surface area (Å²) >= 11 is 0. The zero-order valence-electron chi connectivity index (χ0n) is 14.3. The van der Waals surface area contributed by atoms with Crippen molar-refractivity contribution < 1.29 is 9.18 Å². The van der Waals surface area contributed by atoms with Gasteiger partial charge in [-0.05, 0) is 30.7 Å². The molecule has 27 heavy (non-hydrogen) atoms. The second-order valence-electron chi connectivity index (χ2n) is 6.41. The van der Waals surface area contributed by atoms with Gasteiger partial charge in [-0.3, -0.25) is 4.79 Å². The van der Waals surface area contributed by atoms with Crippen molar-refractivity contribution in [2.75, 3.05) is 5.32 Å². The van der Waals surface area contributed by atoms with Gasteiger partial charge in [0.25, 0.3) is 0 Å². The lowest BCUT2D eigenvalue weighted by Crippen LogP contribution is -2.25. The standard InChI is InChI=1S/C18H14FN7O/c1-10-17-12(11-4-2-3-5-13(11)19)8-16(27)21-18(17)26(23-10)15-7-6-14-22-20-9-25(14)24-15/h2-7,9,12H,8H2,1H3,(H,21,27). The fraction of sp³-hybridized carbons (Fsp3) is 0.167. The molecule has 1 unspecified atom stereocenters. The number of aromatic nitrogens is 6. The highest BCUT2D eigenvalue weighted by Crippen LogP contribution is 2.40. The van der Waals surface area contributed by atoms with Gasteiger partial charge in [-0.2, -0.15) is 14.3 Å². The number of carbonyl (C=O) groups excluding carboxylic acids is 1. The van der Waals surface area contributed by atoms with E-state index in [-0.39, 0.29) is 18.1 Å². The highest BCUT2D eigenvalue weighted by atomic mass is 19.1. The first kappa shape index (κ1) is 15.6. The molecule has 0 aliphatic carbocycles. The minimum absolute atomic E-state index is 0.165. The zero-order chi connectivity index (χ0) is 18.5. The SMILES string of the molecule is Cc1nn(-c2ccc3nncn3n2)c2c1C(c1ccccc1F)CC(=O)N2. The van der Waals surface area contributed by atoms with Gasteiger partial charge in [-0.15, -0.1) is 15.3 Å². The quantitative estimate of drug-likeness (QED) is 0.590. The number of nitrogens with one attached hydrogen (secondary N) is 1. The Bertz CT molecular complexity index is 1200. The molecule has 1 amide bonds. The summed E-state index contributed by atoms with van der Waals surface area (Å²) in [7, 11) is 0. The van der Waals surface area contributed by atoms with Crippen molar-refractivity contribution >= 4 is 17.4 Å². The maximum absolute atomic E-state index is 14.4. The lowest BCUT2D eigenvalue weighted by molar-refractivity contribution is -0.116. The average molecular weight is 363 g/mol. The van der Waals surface area contributed by atoms with E-state index in [1.165, 1.54) is 16.9 Å². The molecule has 8 nitrogen and oxygen atoms in total. The summed E-state index contributed by atoms with van der Waals surface area (Å²) in [5.41, 5.74) is 2.59. The van der Waals surface area contributed by atoms with Gasteiger partial charge in [-0.1, -0.05) is 18.2 Å². The van der Waals surface area contributed by atoms with Crippen LogP contribution in [0.3, 0.4) is 0 Å². The lowest BCUT2D eigenvalue weighted by Gasteiger charge is -2.24. The molecule has 0 radical (unpaired) electrons. The predicted octanol–water partition coefficient (Wildman–Crippen LogP) is 2.23. The number of hydrogen-bond acceptors (Lipinski definition) is 5. The fourth-order valence-electron chi connectivity index (χ4n) is 3.57. The van der Waals surface area contributed by atoms with E-state index in [0.29, 0.717) is 28.5 Å². The van der Waals surface area contributed by atoms with Crippen LogP contribution >= 0.6 is 0 Å². The maximum atomic E-state index is 14.4. The molecule has 4 heterocycles. The van der Waals surface area contributed by atoms with Crippen LogP contribution in [0.25, 0.3) is 11.5 Å². The van der Waals surface area contributed by atoms with Crippen LogP contribution in [-0.4, -0.2) is 35.5 Å². The molecular formula is C18H14FN7O. The number of nitrogens with zero attached hydrogens (tertiary/aromatic N) is 6. The van der Waals surface area contributed by atoms with Crippen LogP contribution in [-0.2, 0) is 4.79 Å². The molecule has 1 aliphatic rings. The molecule has 1 aliphatic heterocycles. The van der Waals surface area contributed by atoms with E-state index in [1.54, 1.807) is 35.0 Å². The molecule has 1 atom stereocenters. The number of carbonyl (C=O) groups is 1. The number of rotatable bonds is 2. The Balaban J connectivity index is 1.70. The zero-order valence-corrected chi connectivity index (χ0v) is 14.3. The lowest BCUT2D eigenvalue weighted by atomic mass is 9.85. The number of amides is 1. The highest BCUT2D eigenvalue weighted by Gasteiger charge is 2.34. The Kier molecular flexibility index (Phi) is 3.30. The van der Waals surface area contributed by atoms with Gasteiger partial charge in [0.2, 0.25) is 5.91 Å². The number of anilines is 1. The Morgan fingerprint density at radius 1 is 1.19 bits per heavy atom. The highest BCUT2D eigenvalue weighted by molar-refractivity contribution is 5.95. The third-order valence-corrected chi connectivity index (χ3v) is 4.75. The van der Waals surface area contributed by atoms with E-state index < -0.39 is 5.92 Å². The molecule has 3 aromatic heterocycles. The van der Waals surface area contributed by atoms with Crippen LogP contribution in [0.5, 0.6) is 0 Å². The minimum atomic E-state index is -0.401. The third-order valence-electron chi connectivity index (χ3n) is 4.75. The second kappa shape index (κ2) is 5.70. The molecule has 1 N–H and O–H groups in total. The summed E-state index contributed by atoms with van der Waals surface area (Å²) in [5, 5.41) is 19.6. The van der Waals surface area contributed by atoms with Crippen LogP contribution in [0.1, 0.15) is 29.2 Å². The van der Waals surface area contributed by atoms with Gasteiger partial charge in [0, 0.05) is 17.9 Å². The van der Waals surface area contributed by atoms with Crippen molar-refractivity contribution in [1.82, 2.24) is 29.6 Å². The van der Waals surface area contributed by atoms with Crippen LogP contribution < -0.4 is 5.32 Å².